The number of nitrogens with zero attached hydrogens (tertiary/aromatic N) is 5. The first-order chi connectivity index (χ1) is 13.2. The van der Waals surface area contributed by atoms with E-state index in [1.54, 1.807) is 24.5 Å². The van der Waals surface area contributed by atoms with Gasteiger partial charge in [-0.25, -0.2) is 15.0 Å². The summed E-state index contributed by atoms with van der Waals surface area (Å²) >= 11 is 0. The maximum absolute atomic E-state index is 8.93. The molecule has 8 heteroatoms. The molecule has 3 aromatic rings. The van der Waals surface area contributed by atoms with Gasteiger partial charge < -0.3 is 15.8 Å². The Bertz CT molecular complexity index is 993. The Morgan fingerprint density at radius 2 is 1.85 bits per heavy atom. The molecule has 1 aliphatic carbocycles. The van der Waals surface area contributed by atoms with E-state index in [1.807, 2.05) is 12.1 Å². The molecule has 4 rings (SSSR count). The predicted molar refractivity (Wildman–Crippen MR) is 101 cm³/mol. The molecule has 0 saturated heterocycles. The van der Waals surface area contributed by atoms with Crippen LogP contribution in [0.5, 0.6) is 5.75 Å². The molecule has 3 N–H and O–H groups in total. The summed E-state index contributed by atoms with van der Waals surface area (Å²) in [6, 6.07) is 7.60. The fourth-order valence-electron chi connectivity index (χ4n) is 3.36. The van der Waals surface area contributed by atoms with Crippen LogP contribution in [-0.4, -0.2) is 32.1 Å². The van der Waals surface area contributed by atoms with Crippen LogP contribution in [0.25, 0.3) is 11.0 Å². The largest absolute Gasteiger partial charge is 0.488 e. The highest BCUT2D eigenvalue weighted by Crippen LogP contribution is 2.30. The molecule has 27 heavy (non-hydrogen) atoms. The van der Waals surface area contributed by atoms with Crippen LogP contribution in [0.15, 0.2) is 36.9 Å². The van der Waals surface area contributed by atoms with Gasteiger partial charge in [0.05, 0.1) is 11.6 Å². The molecule has 8 nitrogen and oxygen atoms in total. The van der Waals surface area contributed by atoms with Crippen LogP contribution in [0.1, 0.15) is 31.4 Å². The van der Waals surface area contributed by atoms with Gasteiger partial charge in [-0.3, -0.25) is 4.98 Å². The average Bonchev–Trinajstić information content (AvgIpc) is 2.69. The number of aromatic nitrogens is 4. The highest BCUT2D eigenvalue weighted by molar-refractivity contribution is 5.84. The van der Waals surface area contributed by atoms with Crippen LogP contribution in [0.2, 0.25) is 0 Å². The topological polar surface area (TPSA) is 123 Å². The molecule has 0 spiro atoms. The van der Waals surface area contributed by atoms with Gasteiger partial charge in [-0.15, -0.1) is 0 Å². The van der Waals surface area contributed by atoms with Crippen molar-refractivity contribution in [1.82, 2.24) is 19.9 Å². The van der Waals surface area contributed by atoms with E-state index < -0.39 is 0 Å². The molecule has 1 fully saturated rings. The second kappa shape index (κ2) is 7.41. The van der Waals surface area contributed by atoms with Gasteiger partial charge in [-0.05, 0) is 31.7 Å². The minimum atomic E-state index is 0.107. The van der Waals surface area contributed by atoms with Crippen LogP contribution >= 0.6 is 0 Å². The lowest BCUT2D eigenvalue weighted by Gasteiger charge is -2.30. The van der Waals surface area contributed by atoms with Crippen LogP contribution in [0, 0.1) is 11.3 Å². The molecule has 2 aromatic heterocycles. The quantitative estimate of drug-likeness (QED) is 0.680. The van der Waals surface area contributed by atoms with E-state index >= 15 is 0 Å². The van der Waals surface area contributed by atoms with E-state index in [0.717, 1.165) is 36.7 Å². The van der Waals surface area contributed by atoms with E-state index in [2.05, 4.69) is 25.3 Å². The number of anilines is 2. The number of nitrogens with one attached hydrogen (secondary N) is 1. The predicted octanol–water partition coefficient (Wildman–Crippen LogP) is 2.68. The van der Waals surface area contributed by atoms with Gasteiger partial charge >= 0.3 is 0 Å². The van der Waals surface area contributed by atoms with Crippen LogP contribution in [0.3, 0.4) is 0 Å². The Kier molecular flexibility index (Phi) is 4.66. The molecule has 1 aromatic carbocycles. The number of fused-ring (bicyclic) bond motifs is 1. The van der Waals surface area contributed by atoms with Crippen molar-refractivity contribution in [2.45, 2.75) is 37.8 Å². The summed E-state index contributed by atoms with van der Waals surface area (Å²) in [5.74, 6) is 1.37. The van der Waals surface area contributed by atoms with E-state index in [9.17, 15) is 0 Å². The number of nitriles is 1. The summed E-state index contributed by atoms with van der Waals surface area (Å²) in [6.07, 6.45) is 8.52. The minimum Gasteiger partial charge on any atom is -0.488 e. The number of rotatable bonds is 4. The van der Waals surface area contributed by atoms with Crippen LogP contribution in [0.4, 0.5) is 11.5 Å². The standard InChI is InChI=1S/C19H19N7O/c20-10-14-9-18(25-11-24-14)26-13-1-3-15(4-2-13)27-17-8-12(21)7-16-19(17)23-6-5-22-16/h5-9,11,13,15H,1-4,21H2,(H,24,25,26). The molecule has 1 saturated carbocycles. The first kappa shape index (κ1) is 17.0. The highest BCUT2D eigenvalue weighted by atomic mass is 16.5. The van der Waals surface area contributed by atoms with Crippen molar-refractivity contribution in [3.63, 3.8) is 0 Å². The van der Waals surface area contributed by atoms with E-state index in [1.165, 1.54) is 6.33 Å². The van der Waals surface area contributed by atoms with E-state index in [4.69, 9.17) is 15.7 Å². The molecule has 0 radical (unpaired) electrons. The maximum Gasteiger partial charge on any atom is 0.149 e. The molecule has 0 unspecified atom stereocenters. The third-order valence-corrected chi connectivity index (χ3v) is 4.66. The fourth-order valence-corrected chi connectivity index (χ4v) is 3.36. The van der Waals surface area contributed by atoms with Gasteiger partial charge in [-0.2, -0.15) is 5.26 Å². The first-order valence-corrected chi connectivity index (χ1v) is 8.87. The lowest BCUT2D eigenvalue weighted by molar-refractivity contribution is 0.152. The molecule has 0 amide bonds. The van der Waals surface area contributed by atoms with Gasteiger partial charge in [0, 0.05) is 36.3 Å². The zero-order valence-electron chi connectivity index (χ0n) is 14.7. The minimum absolute atomic E-state index is 0.107. The number of hydrogen-bond donors (Lipinski definition) is 2. The number of nitrogen functional groups attached to an aromatic ring is 1. The van der Waals surface area contributed by atoms with Gasteiger partial charge in [0.25, 0.3) is 0 Å². The molecule has 2 heterocycles. The van der Waals surface area contributed by atoms with Crippen LogP contribution in [-0.2, 0) is 0 Å². The van der Waals surface area contributed by atoms with Crippen molar-refractivity contribution in [3.05, 3.63) is 42.6 Å². The van der Waals surface area contributed by atoms with Crippen molar-refractivity contribution in [2.75, 3.05) is 11.1 Å². The first-order valence-electron chi connectivity index (χ1n) is 8.87. The highest BCUT2D eigenvalue weighted by Gasteiger charge is 2.23. The summed E-state index contributed by atoms with van der Waals surface area (Å²) in [4.78, 5) is 16.7. The maximum atomic E-state index is 8.93. The Balaban J connectivity index is 1.39. The van der Waals surface area contributed by atoms with Crippen molar-refractivity contribution < 1.29 is 4.74 Å². The SMILES string of the molecule is N#Cc1cc(NC2CCC(Oc3cc(N)cc4nccnc34)CC2)ncn1. The zero-order chi connectivity index (χ0) is 18.6. The molecular formula is C19H19N7O. The second-order valence-corrected chi connectivity index (χ2v) is 6.58. The molecule has 0 atom stereocenters. The summed E-state index contributed by atoms with van der Waals surface area (Å²) < 4.78 is 6.21. The Morgan fingerprint density at radius 1 is 1.04 bits per heavy atom. The van der Waals surface area contributed by atoms with Gasteiger partial charge in [0.1, 0.15) is 35.2 Å². The summed E-state index contributed by atoms with van der Waals surface area (Å²) in [5, 5.41) is 12.3. The van der Waals surface area contributed by atoms with Crippen LogP contribution < -0.4 is 15.8 Å². The second-order valence-electron chi connectivity index (χ2n) is 6.58. The summed E-state index contributed by atoms with van der Waals surface area (Å²) in [7, 11) is 0. The van der Waals surface area contributed by atoms with Crippen molar-refractivity contribution in [3.8, 4) is 11.8 Å². The lowest BCUT2D eigenvalue weighted by Crippen LogP contribution is -2.31. The van der Waals surface area contributed by atoms with Gasteiger partial charge in [0.2, 0.25) is 0 Å². The smallest absolute Gasteiger partial charge is 0.149 e. The molecule has 0 aliphatic heterocycles. The van der Waals surface area contributed by atoms with Crippen molar-refractivity contribution >= 4 is 22.5 Å². The average molecular weight is 361 g/mol. The third-order valence-electron chi connectivity index (χ3n) is 4.66. The lowest BCUT2D eigenvalue weighted by atomic mass is 9.93. The summed E-state index contributed by atoms with van der Waals surface area (Å²) in [5.41, 5.74) is 8.41. The Morgan fingerprint density at radius 3 is 2.67 bits per heavy atom. The third kappa shape index (κ3) is 3.87. The summed E-state index contributed by atoms with van der Waals surface area (Å²) in [6.45, 7) is 0. The Hall–Kier alpha value is -3.47. The van der Waals surface area contributed by atoms with Gasteiger partial charge in [-0.1, -0.05) is 0 Å². The molecular weight excluding hydrogens is 342 g/mol. The number of hydrogen-bond acceptors (Lipinski definition) is 8. The number of ether oxygens (including phenoxy) is 1. The monoisotopic (exact) mass is 361 g/mol. The molecule has 136 valence electrons. The zero-order valence-corrected chi connectivity index (χ0v) is 14.7. The fraction of sp³-hybridized carbons (Fsp3) is 0.316. The van der Waals surface area contributed by atoms with Crippen molar-refractivity contribution in [2.24, 2.45) is 0 Å². The van der Waals surface area contributed by atoms with E-state index in [0.29, 0.717) is 29.0 Å². The number of nitrogens with two attached hydrogens (primary N) is 1. The molecule has 0 bridgehead atoms. The van der Waals surface area contributed by atoms with Crippen molar-refractivity contribution in [1.29, 1.82) is 5.26 Å². The Labute approximate surface area is 156 Å². The van der Waals surface area contributed by atoms with Gasteiger partial charge in [0.15, 0.2) is 0 Å². The number of benzene rings is 1. The normalized spacial score (nSPS) is 19.4. The van der Waals surface area contributed by atoms with E-state index in [-0.39, 0.29) is 6.10 Å². The molecule has 1 aliphatic rings.